The average Bonchev–Trinajstić information content (AvgIpc) is 3.07. The van der Waals surface area contributed by atoms with E-state index in [0.29, 0.717) is 6.42 Å². The maximum Gasteiger partial charge on any atom is 0.328 e. The van der Waals surface area contributed by atoms with Crippen LogP contribution < -0.4 is 14.8 Å². The standard InChI is InChI=1S/C35H42N2O7/c1-23(2)34(39)43-22-42-32-30(41-4)18-19-36-31(32)33(38)37-29-17-11-16-27(20-25-12-7-5-8-13-25)28(24(3)44-35(29)40)21-26-14-9-6-10-15-26/h5-10,12-15,18-19,23-24,27-29H,11,16-17,20-22H2,1-4H3,(H,37,38)/t24-,27+,28-,29-/m0/s1. The van der Waals surface area contributed by atoms with E-state index in [9.17, 15) is 14.4 Å². The highest BCUT2D eigenvalue weighted by atomic mass is 16.7. The monoisotopic (exact) mass is 602 g/mol. The summed E-state index contributed by atoms with van der Waals surface area (Å²) in [6, 6.07) is 21.3. The Morgan fingerprint density at radius 3 is 2.27 bits per heavy atom. The molecule has 1 fully saturated rings. The lowest BCUT2D eigenvalue weighted by Gasteiger charge is -2.31. The number of pyridine rings is 1. The fourth-order valence-corrected chi connectivity index (χ4v) is 5.60. The highest BCUT2D eigenvalue weighted by Gasteiger charge is 2.35. The number of nitrogens with zero attached hydrogens (tertiary/aromatic N) is 1. The summed E-state index contributed by atoms with van der Waals surface area (Å²) < 4.78 is 22.2. The quantitative estimate of drug-likeness (QED) is 0.224. The molecule has 9 heteroatoms. The van der Waals surface area contributed by atoms with E-state index in [2.05, 4.69) is 34.6 Å². The predicted octanol–water partition coefficient (Wildman–Crippen LogP) is 5.56. The third-order valence-electron chi connectivity index (χ3n) is 8.00. The summed E-state index contributed by atoms with van der Waals surface area (Å²) in [5.74, 6) is -1.28. The number of aromatic nitrogens is 1. The summed E-state index contributed by atoms with van der Waals surface area (Å²) in [6.45, 7) is 4.93. The lowest BCUT2D eigenvalue weighted by atomic mass is 9.77. The van der Waals surface area contributed by atoms with Crippen LogP contribution in [0.5, 0.6) is 11.5 Å². The van der Waals surface area contributed by atoms with Gasteiger partial charge in [0.1, 0.15) is 12.1 Å². The van der Waals surface area contributed by atoms with Crippen LogP contribution in [-0.4, -0.2) is 48.9 Å². The van der Waals surface area contributed by atoms with E-state index in [1.165, 1.54) is 30.5 Å². The Labute approximate surface area is 259 Å². The molecule has 0 unspecified atom stereocenters. The third-order valence-corrected chi connectivity index (χ3v) is 8.00. The first-order valence-corrected chi connectivity index (χ1v) is 15.2. The molecule has 234 valence electrons. The molecule has 3 aromatic rings. The van der Waals surface area contributed by atoms with Gasteiger partial charge in [0, 0.05) is 18.2 Å². The van der Waals surface area contributed by atoms with Crippen molar-refractivity contribution < 1.29 is 33.3 Å². The van der Waals surface area contributed by atoms with Crippen LogP contribution in [0.15, 0.2) is 72.9 Å². The highest BCUT2D eigenvalue weighted by Crippen LogP contribution is 2.33. The van der Waals surface area contributed by atoms with Gasteiger partial charge in [-0.3, -0.25) is 9.59 Å². The minimum absolute atomic E-state index is 0.0136. The van der Waals surface area contributed by atoms with E-state index < -0.39 is 30.7 Å². The van der Waals surface area contributed by atoms with Crippen LogP contribution in [0.4, 0.5) is 0 Å². The molecule has 1 amide bonds. The third kappa shape index (κ3) is 8.81. The second kappa shape index (κ2) is 15.9. The van der Waals surface area contributed by atoms with E-state index in [1.54, 1.807) is 13.8 Å². The number of ether oxygens (including phenoxy) is 4. The minimum atomic E-state index is -0.877. The number of nitrogens with one attached hydrogen (secondary N) is 1. The number of hydrogen-bond acceptors (Lipinski definition) is 8. The summed E-state index contributed by atoms with van der Waals surface area (Å²) in [6.07, 6.45) is 4.67. The first-order valence-electron chi connectivity index (χ1n) is 15.2. The Bertz CT molecular complexity index is 1380. The second-order valence-corrected chi connectivity index (χ2v) is 11.5. The number of esters is 2. The Morgan fingerprint density at radius 1 is 0.977 bits per heavy atom. The Kier molecular flexibility index (Phi) is 11.7. The molecule has 1 aliphatic rings. The van der Waals surface area contributed by atoms with Crippen molar-refractivity contribution in [1.29, 1.82) is 0 Å². The van der Waals surface area contributed by atoms with Crippen molar-refractivity contribution in [2.45, 2.75) is 65.0 Å². The maximum absolute atomic E-state index is 13.5. The predicted molar refractivity (Wildman–Crippen MR) is 165 cm³/mol. The largest absolute Gasteiger partial charge is 0.493 e. The van der Waals surface area contributed by atoms with Gasteiger partial charge in [0.25, 0.3) is 5.91 Å². The van der Waals surface area contributed by atoms with Crippen LogP contribution in [0, 0.1) is 17.8 Å². The first-order chi connectivity index (χ1) is 21.3. The number of methoxy groups -OCH3 is 1. The molecule has 1 aromatic heterocycles. The van der Waals surface area contributed by atoms with Gasteiger partial charge < -0.3 is 24.3 Å². The van der Waals surface area contributed by atoms with E-state index in [-0.39, 0.29) is 41.1 Å². The van der Waals surface area contributed by atoms with Gasteiger partial charge >= 0.3 is 11.9 Å². The summed E-state index contributed by atoms with van der Waals surface area (Å²) in [5, 5.41) is 2.82. The molecule has 1 aliphatic heterocycles. The summed E-state index contributed by atoms with van der Waals surface area (Å²) in [5.41, 5.74) is 2.35. The lowest BCUT2D eigenvalue weighted by molar-refractivity contribution is -0.155. The number of carbonyl (C=O) groups excluding carboxylic acids is 3. The zero-order valence-corrected chi connectivity index (χ0v) is 25.9. The minimum Gasteiger partial charge on any atom is -0.493 e. The summed E-state index contributed by atoms with van der Waals surface area (Å²) >= 11 is 0. The van der Waals surface area contributed by atoms with Crippen molar-refractivity contribution in [3.05, 3.63) is 89.7 Å². The molecule has 4 rings (SSSR count). The summed E-state index contributed by atoms with van der Waals surface area (Å²) in [7, 11) is 1.43. The lowest BCUT2D eigenvalue weighted by Crippen LogP contribution is -2.43. The normalized spacial score (nSPS) is 20.4. The van der Waals surface area contributed by atoms with Gasteiger partial charge in [0.05, 0.1) is 13.0 Å². The van der Waals surface area contributed by atoms with Crippen molar-refractivity contribution in [2.24, 2.45) is 17.8 Å². The first kappa shape index (κ1) is 32.5. The SMILES string of the molecule is COc1ccnc(C(=O)N[C@H]2CCC[C@H](Cc3ccccc3)[C@@H](Cc3ccccc3)[C@H](C)OC2=O)c1OCOC(=O)C(C)C. The molecule has 2 aromatic carbocycles. The maximum atomic E-state index is 13.5. The van der Waals surface area contributed by atoms with Crippen molar-refractivity contribution in [3.8, 4) is 11.5 Å². The molecule has 0 spiro atoms. The Morgan fingerprint density at radius 2 is 1.64 bits per heavy atom. The van der Waals surface area contributed by atoms with E-state index in [1.807, 2.05) is 43.3 Å². The van der Waals surface area contributed by atoms with Gasteiger partial charge in [-0.05, 0) is 49.7 Å². The average molecular weight is 603 g/mol. The number of carbonyl (C=O) groups is 3. The van der Waals surface area contributed by atoms with E-state index in [4.69, 9.17) is 18.9 Å². The topological polar surface area (TPSA) is 113 Å². The molecular formula is C35H42N2O7. The van der Waals surface area contributed by atoms with Crippen molar-refractivity contribution in [2.75, 3.05) is 13.9 Å². The van der Waals surface area contributed by atoms with Crippen molar-refractivity contribution >= 4 is 17.8 Å². The van der Waals surface area contributed by atoms with Crippen molar-refractivity contribution in [3.63, 3.8) is 0 Å². The zero-order valence-electron chi connectivity index (χ0n) is 25.9. The van der Waals surface area contributed by atoms with Gasteiger partial charge in [0.2, 0.25) is 6.79 Å². The van der Waals surface area contributed by atoms with Crippen molar-refractivity contribution in [1.82, 2.24) is 10.3 Å². The molecule has 0 bridgehead atoms. The highest BCUT2D eigenvalue weighted by molar-refractivity contribution is 5.98. The van der Waals surface area contributed by atoms with Gasteiger partial charge in [0.15, 0.2) is 17.2 Å². The van der Waals surface area contributed by atoms with Crippen LogP contribution in [0.25, 0.3) is 0 Å². The fourth-order valence-electron chi connectivity index (χ4n) is 5.60. The number of hydrogen-bond donors (Lipinski definition) is 1. The molecule has 2 heterocycles. The van der Waals surface area contributed by atoms with Crippen LogP contribution in [0.3, 0.4) is 0 Å². The molecule has 0 aliphatic carbocycles. The summed E-state index contributed by atoms with van der Waals surface area (Å²) in [4.78, 5) is 43.1. The molecule has 0 radical (unpaired) electrons. The molecule has 0 saturated carbocycles. The van der Waals surface area contributed by atoms with Gasteiger partial charge in [-0.1, -0.05) is 80.9 Å². The second-order valence-electron chi connectivity index (χ2n) is 11.5. The number of amides is 1. The molecule has 1 saturated heterocycles. The van der Waals surface area contributed by atoms with Crippen LogP contribution in [0.2, 0.25) is 0 Å². The molecular weight excluding hydrogens is 560 g/mol. The zero-order chi connectivity index (χ0) is 31.5. The van der Waals surface area contributed by atoms with Gasteiger partial charge in [-0.2, -0.15) is 0 Å². The Balaban J connectivity index is 1.52. The number of cyclic esters (lactones) is 1. The number of benzene rings is 2. The number of rotatable bonds is 11. The molecule has 9 nitrogen and oxygen atoms in total. The smallest absolute Gasteiger partial charge is 0.328 e. The molecule has 1 N–H and O–H groups in total. The Hall–Kier alpha value is -4.40. The van der Waals surface area contributed by atoms with E-state index in [0.717, 1.165) is 25.7 Å². The molecule has 44 heavy (non-hydrogen) atoms. The van der Waals surface area contributed by atoms with Crippen LogP contribution in [-0.2, 0) is 31.9 Å². The molecule has 4 atom stereocenters. The van der Waals surface area contributed by atoms with Gasteiger partial charge in [-0.15, -0.1) is 0 Å². The van der Waals surface area contributed by atoms with Gasteiger partial charge in [-0.25, -0.2) is 9.78 Å². The van der Waals surface area contributed by atoms with E-state index >= 15 is 0 Å². The van der Waals surface area contributed by atoms with Crippen LogP contribution in [0.1, 0.15) is 61.6 Å². The van der Waals surface area contributed by atoms with Crippen LogP contribution >= 0.6 is 0 Å². The fraction of sp³-hybridized carbons (Fsp3) is 0.429.